The van der Waals surface area contributed by atoms with Crippen LogP contribution < -0.4 is 0 Å². The van der Waals surface area contributed by atoms with Crippen molar-refractivity contribution in [1.82, 2.24) is 4.90 Å². The molecule has 0 unspecified atom stereocenters. The molecule has 1 aliphatic rings. The molecule has 0 spiro atoms. The van der Waals surface area contributed by atoms with Crippen molar-refractivity contribution in [3.63, 3.8) is 0 Å². The van der Waals surface area contributed by atoms with Gasteiger partial charge in [-0.25, -0.2) is 17.2 Å². The minimum absolute atomic E-state index is 0.0217. The number of benzene rings is 3. The van der Waals surface area contributed by atoms with E-state index in [2.05, 4.69) is 29.2 Å². The van der Waals surface area contributed by atoms with Crippen LogP contribution in [0, 0.1) is 5.92 Å². The molecule has 1 aliphatic heterocycles. The fraction of sp³-hybridized carbons (Fsp3) is 0.308. The van der Waals surface area contributed by atoms with Crippen molar-refractivity contribution in [2.24, 2.45) is 5.92 Å². The largest absolute Gasteiger partial charge is 0.299 e. The van der Waals surface area contributed by atoms with Crippen molar-refractivity contribution in [3.8, 4) is 11.1 Å². The summed E-state index contributed by atoms with van der Waals surface area (Å²) in [6, 6.07) is 21.2. The van der Waals surface area contributed by atoms with E-state index in [1.807, 2.05) is 24.3 Å². The molecule has 0 bridgehead atoms. The maximum atomic E-state index is 13.6. The smallest absolute Gasteiger partial charge is 0.270 e. The summed E-state index contributed by atoms with van der Waals surface area (Å²) < 4.78 is 52.9. The third-order valence-electron chi connectivity index (χ3n) is 6.04. The van der Waals surface area contributed by atoms with Gasteiger partial charge >= 0.3 is 0 Å². The average molecular weight is 490 g/mol. The molecular weight excluding hydrogens is 464 g/mol. The van der Waals surface area contributed by atoms with Crippen LogP contribution in [-0.2, 0) is 22.3 Å². The number of alkyl halides is 2. The third-order valence-corrected chi connectivity index (χ3v) is 8.16. The first-order chi connectivity index (χ1) is 15.6. The molecule has 0 N–H and O–H groups in total. The molecule has 0 saturated carbocycles. The van der Waals surface area contributed by atoms with Crippen LogP contribution in [0.15, 0.2) is 77.7 Å². The summed E-state index contributed by atoms with van der Waals surface area (Å²) in [6.07, 6.45) is 0.767. The Kier molecular flexibility index (Phi) is 6.89. The number of hydrogen-bond acceptors (Lipinski definition) is 3. The van der Waals surface area contributed by atoms with Crippen molar-refractivity contribution >= 4 is 21.4 Å². The lowest BCUT2D eigenvalue weighted by molar-refractivity contribution is 0.0172. The Labute approximate surface area is 198 Å². The molecule has 0 amide bonds. The molecule has 1 fully saturated rings. The molecule has 1 atom stereocenters. The first-order valence-electron chi connectivity index (χ1n) is 10.9. The number of rotatable bonds is 7. The van der Waals surface area contributed by atoms with Crippen LogP contribution in [0.5, 0.6) is 0 Å². The van der Waals surface area contributed by atoms with Crippen LogP contribution in [-0.4, -0.2) is 32.2 Å². The second kappa shape index (κ2) is 9.53. The van der Waals surface area contributed by atoms with Gasteiger partial charge in [-0.05, 0) is 59.8 Å². The predicted octanol–water partition coefficient (Wildman–Crippen LogP) is 6.41. The lowest BCUT2D eigenvalue weighted by Crippen LogP contribution is -2.23. The summed E-state index contributed by atoms with van der Waals surface area (Å²) in [5.74, 6) is -3.12. The fourth-order valence-electron chi connectivity index (χ4n) is 4.29. The van der Waals surface area contributed by atoms with Crippen LogP contribution in [0.1, 0.15) is 24.5 Å². The van der Waals surface area contributed by atoms with Crippen LogP contribution in [0.4, 0.5) is 8.78 Å². The molecule has 3 aromatic rings. The third kappa shape index (κ3) is 5.99. The number of halogens is 3. The molecule has 0 radical (unpaired) electrons. The minimum atomic E-state index is -3.63. The summed E-state index contributed by atoms with van der Waals surface area (Å²) >= 11 is 6.08. The van der Waals surface area contributed by atoms with E-state index in [4.69, 9.17) is 11.6 Å². The van der Waals surface area contributed by atoms with Gasteiger partial charge in [-0.15, -0.1) is 0 Å². The highest BCUT2D eigenvalue weighted by Gasteiger charge is 2.30. The zero-order valence-corrected chi connectivity index (χ0v) is 19.9. The summed E-state index contributed by atoms with van der Waals surface area (Å²) in [6.45, 7) is 2.99. The first-order valence-corrected chi connectivity index (χ1v) is 12.9. The molecule has 1 heterocycles. The second-order valence-electron chi connectivity index (χ2n) is 8.79. The van der Waals surface area contributed by atoms with Gasteiger partial charge < -0.3 is 0 Å². The van der Waals surface area contributed by atoms with Crippen molar-refractivity contribution in [3.05, 3.63) is 88.9 Å². The quantitative estimate of drug-likeness (QED) is 0.384. The lowest BCUT2D eigenvalue weighted by Gasteiger charge is -2.17. The normalized spacial score (nSPS) is 17.4. The summed E-state index contributed by atoms with van der Waals surface area (Å²) in [7, 11) is -3.63. The summed E-state index contributed by atoms with van der Waals surface area (Å²) in [4.78, 5) is 2.21. The van der Waals surface area contributed by atoms with E-state index >= 15 is 0 Å². The topological polar surface area (TPSA) is 37.4 Å². The molecule has 33 heavy (non-hydrogen) atoms. The fourth-order valence-corrected chi connectivity index (χ4v) is 6.16. The Hall–Kier alpha value is -2.28. The molecule has 0 aliphatic carbocycles. The van der Waals surface area contributed by atoms with Gasteiger partial charge in [0.15, 0.2) is 9.84 Å². The average Bonchev–Trinajstić information content (AvgIpc) is 3.20. The monoisotopic (exact) mass is 489 g/mol. The Bertz CT molecular complexity index is 1220. The van der Waals surface area contributed by atoms with Gasteiger partial charge in [-0.2, -0.15) is 0 Å². The highest BCUT2D eigenvalue weighted by molar-refractivity contribution is 7.91. The van der Waals surface area contributed by atoms with Gasteiger partial charge in [-0.3, -0.25) is 4.90 Å². The van der Waals surface area contributed by atoms with E-state index in [1.54, 1.807) is 0 Å². The number of nitrogens with zero attached hydrogens (tertiary/aromatic N) is 1. The van der Waals surface area contributed by atoms with Crippen LogP contribution in [0.3, 0.4) is 0 Å². The molecule has 3 nitrogen and oxygen atoms in total. The maximum absolute atomic E-state index is 13.6. The molecule has 1 saturated heterocycles. The SMILES string of the molecule is CC(F)(F)c1cccc(S(=O)(=O)C[C@@H]2CCN(Cc3ccc(-c4cccc(Cl)c4)cc3)C2)c1. The highest BCUT2D eigenvalue weighted by Crippen LogP contribution is 2.30. The molecule has 0 aromatic heterocycles. The zero-order valence-electron chi connectivity index (χ0n) is 18.3. The Morgan fingerprint density at radius 2 is 1.73 bits per heavy atom. The van der Waals surface area contributed by atoms with Crippen molar-refractivity contribution in [2.75, 3.05) is 18.8 Å². The predicted molar refractivity (Wildman–Crippen MR) is 128 cm³/mol. The maximum Gasteiger partial charge on any atom is 0.270 e. The standard InChI is InChI=1S/C26H26ClF2NO2S/c1-26(28,29)23-5-3-7-25(15-23)33(31,32)18-20-12-13-30(17-20)16-19-8-10-21(11-9-19)22-4-2-6-24(27)14-22/h2-11,14-15,20H,12-13,16-18H2,1H3/t20-/m1/s1. The second-order valence-corrected chi connectivity index (χ2v) is 11.3. The molecule has 7 heteroatoms. The number of sulfone groups is 1. The van der Waals surface area contributed by atoms with Gasteiger partial charge in [-0.1, -0.05) is 60.1 Å². The molecular formula is C26H26ClF2NO2S. The molecule has 4 rings (SSSR count). The van der Waals surface area contributed by atoms with E-state index < -0.39 is 15.8 Å². The summed E-state index contributed by atoms with van der Waals surface area (Å²) in [5.41, 5.74) is 3.02. The first kappa shape index (κ1) is 23.9. The zero-order chi connectivity index (χ0) is 23.6. The molecule has 174 valence electrons. The van der Waals surface area contributed by atoms with Gasteiger partial charge in [0.05, 0.1) is 10.6 Å². The minimum Gasteiger partial charge on any atom is -0.299 e. The van der Waals surface area contributed by atoms with Crippen molar-refractivity contribution in [1.29, 1.82) is 0 Å². The Morgan fingerprint density at radius 3 is 2.42 bits per heavy atom. The van der Waals surface area contributed by atoms with Gasteiger partial charge in [0.25, 0.3) is 5.92 Å². The van der Waals surface area contributed by atoms with Crippen LogP contribution >= 0.6 is 11.6 Å². The van der Waals surface area contributed by atoms with Gasteiger partial charge in [0.1, 0.15) is 0 Å². The van der Waals surface area contributed by atoms with Gasteiger partial charge in [0.2, 0.25) is 0 Å². The van der Waals surface area contributed by atoms with E-state index in [0.717, 1.165) is 49.2 Å². The van der Waals surface area contributed by atoms with Crippen molar-refractivity contribution in [2.45, 2.75) is 30.7 Å². The number of hydrogen-bond donors (Lipinski definition) is 0. The van der Waals surface area contributed by atoms with Gasteiger partial charge in [0, 0.05) is 30.6 Å². The summed E-state index contributed by atoms with van der Waals surface area (Å²) in [5, 5.41) is 0.699. The Balaban J connectivity index is 1.37. The van der Waals surface area contributed by atoms with E-state index in [1.165, 1.54) is 18.2 Å². The highest BCUT2D eigenvalue weighted by atomic mass is 35.5. The lowest BCUT2D eigenvalue weighted by atomic mass is 10.0. The van der Waals surface area contributed by atoms with Crippen LogP contribution in [0.2, 0.25) is 5.02 Å². The van der Waals surface area contributed by atoms with Crippen LogP contribution in [0.25, 0.3) is 11.1 Å². The molecule has 3 aromatic carbocycles. The number of likely N-dealkylation sites (tertiary alicyclic amines) is 1. The Morgan fingerprint density at radius 1 is 1.00 bits per heavy atom. The van der Waals surface area contributed by atoms with E-state index in [-0.39, 0.29) is 22.1 Å². The van der Waals surface area contributed by atoms with E-state index in [0.29, 0.717) is 11.6 Å². The van der Waals surface area contributed by atoms with E-state index in [9.17, 15) is 17.2 Å². The van der Waals surface area contributed by atoms with Crippen molar-refractivity contribution < 1.29 is 17.2 Å².